The fourth-order valence-corrected chi connectivity index (χ4v) is 2.43. The Morgan fingerprint density at radius 1 is 1.05 bits per heavy atom. The molecule has 0 atom stereocenters. The predicted octanol–water partition coefficient (Wildman–Crippen LogP) is 1.45. The number of H-pyrrole nitrogens is 1. The van der Waals surface area contributed by atoms with Gasteiger partial charge in [0.05, 0.1) is 11.9 Å². The van der Waals surface area contributed by atoms with Crippen molar-refractivity contribution in [3.05, 3.63) is 71.4 Å². The zero-order chi connectivity index (χ0) is 13.5. The summed E-state index contributed by atoms with van der Waals surface area (Å²) in [5.74, 6) is 0. The third-order valence-electron chi connectivity index (χ3n) is 3.32. The summed E-state index contributed by atoms with van der Waals surface area (Å²) in [7, 11) is 0. The minimum atomic E-state index is -0.170. The summed E-state index contributed by atoms with van der Waals surface area (Å²) in [5, 5.41) is 0. The Balaban J connectivity index is 2.16. The molecule has 0 saturated carbocycles. The summed E-state index contributed by atoms with van der Waals surface area (Å²) in [4.78, 5) is 19.5. The summed E-state index contributed by atoms with van der Waals surface area (Å²) in [6.45, 7) is 0. The number of aromatic nitrogens is 4. The molecular formula is C15H11N4O+. The number of para-hydroxylation sites is 1. The number of nitrogens with one attached hydrogen (secondary N) is 1. The van der Waals surface area contributed by atoms with Crippen LogP contribution in [0.4, 0.5) is 0 Å². The van der Waals surface area contributed by atoms with E-state index in [9.17, 15) is 4.79 Å². The van der Waals surface area contributed by atoms with Gasteiger partial charge in [-0.2, -0.15) is 0 Å². The van der Waals surface area contributed by atoms with Gasteiger partial charge in [-0.3, -0.25) is 0 Å². The Hall–Kier alpha value is -2.95. The minimum Gasteiger partial charge on any atom is -0.240 e. The normalized spacial score (nSPS) is 11.2. The number of nitrogens with zero attached hydrogens (tertiary/aromatic N) is 3. The highest BCUT2D eigenvalue weighted by Gasteiger charge is 2.16. The molecule has 0 amide bonds. The first-order valence-electron chi connectivity index (χ1n) is 6.30. The van der Waals surface area contributed by atoms with Crippen LogP contribution in [0.25, 0.3) is 22.5 Å². The van der Waals surface area contributed by atoms with Gasteiger partial charge in [0.1, 0.15) is 6.20 Å². The summed E-state index contributed by atoms with van der Waals surface area (Å²) in [5.41, 5.74) is 2.94. The molecule has 5 nitrogen and oxygen atoms in total. The van der Waals surface area contributed by atoms with E-state index in [-0.39, 0.29) is 5.69 Å². The summed E-state index contributed by atoms with van der Waals surface area (Å²) >= 11 is 0. The third-order valence-corrected chi connectivity index (χ3v) is 3.32. The average molecular weight is 263 g/mol. The second-order valence-electron chi connectivity index (χ2n) is 4.52. The maximum atomic E-state index is 12.2. The number of benzene rings is 1. The zero-order valence-electron chi connectivity index (χ0n) is 10.5. The highest BCUT2D eigenvalue weighted by Crippen LogP contribution is 2.12. The Kier molecular flexibility index (Phi) is 2.20. The molecule has 3 heterocycles. The first kappa shape index (κ1) is 10.9. The van der Waals surface area contributed by atoms with Crippen molar-refractivity contribution in [2.45, 2.75) is 0 Å². The maximum Gasteiger partial charge on any atom is 0.389 e. The van der Waals surface area contributed by atoms with Crippen molar-refractivity contribution in [2.24, 2.45) is 0 Å². The molecule has 0 aliphatic rings. The Morgan fingerprint density at radius 3 is 2.70 bits per heavy atom. The van der Waals surface area contributed by atoms with Gasteiger partial charge in [0.2, 0.25) is 0 Å². The van der Waals surface area contributed by atoms with Crippen LogP contribution in [0.3, 0.4) is 0 Å². The molecule has 0 fully saturated rings. The van der Waals surface area contributed by atoms with Crippen LogP contribution in [0, 0.1) is 0 Å². The SMILES string of the molecule is O=c1[nH]c2c(cnc3cccc[n+]32)n1-c1ccccc1. The van der Waals surface area contributed by atoms with Crippen molar-refractivity contribution in [1.29, 1.82) is 0 Å². The van der Waals surface area contributed by atoms with Crippen molar-refractivity contribution in [2.75, 3.05) is 0 Å². The fraction of sp³-hybridized carbons (Fsp3) is 0. The molecule has 0 aliphatic heterocycles. The lowest BCUT2D eigenvalue weighted by atomic mass is 10.3. The van der Waals surface area contributed by atoms with E-state index in [0.29, 0.717) is 0 Å². The number of imidazole rings is 1. The van der Waals surface area contributed by atoms with Crippen LogP contribution in [0.5, 0.6) is 0 Å². The van der Waals surface area contributed by atoms with Crippen LogP contribution < -0.4 is 10.1 Å². The molecule has 0 spiro atoms. The topological polar surface area (TPSA) is 54.8 Å². The van der Waals surface area contributed by atoms with Gasteiger partial charge in [-0.1, -0.05) is 24.3 Å². The van der Waals surface area contributed by atoms with Crippen LogP contribution in [-0.2, 0) is 0 Å². The van der Waals surface area contributed by atoms with E-state index in [2.05, 4.69) is 9.97 Å². The van der Waals surface area contributed by atoms with Crippen molar-refractivity contribution in [3.63, 3.8) is 0 Å². The molecule has 4 aromatic rings. The second kappa shape index (κ2) is 4.03. The largest absolute Gasteiger partial charge is 0.389 e. The van der Waals surface area contributed by atoms with Crippen LogP contribution in [0.2, 0.25) is 0 Å². The predicted molar refractivity (Wildman–Crippen MR) is 74.9 cm³/mol. The van der Waals surface area contributed by atoms with E-state index >= 15 is 0 Å². The highest BCUT2D eigenvalue weighted by molar-refractivity contribution is 5.70. The second-order valence-corrected chi connectivity index (χ2v) is 4.52. The van der Waals surface area contributed by atoms with Gasteiger partial charge in [0.15, 0.2) is 5.52 Å². The lowest BCUT2D eigenvalue weighted by Crippen LogP contribution is -2.23. The van der Waals surface area contributed by atoms with Gasteiger partial charge in [0.25, 0.3) is 11.3 Å². The number of hydrogen-bond donors (Lipinski definition) is 1. The molecule has 1 aromatic carbocycles. The van der Waals surface area contributed by atoms with Gasteiger partial charge in [-0.05, 0) is 18.2 Å². The van der Waals surface area contributed by atoms with E-state index in [1.54, 1.807) is 10.8 Å². The fourth-order valence-electron chi connectivity index (χ4n) is 2.43. The van der Waals surface area contributed by atoms with Crippen molar-refractivity contribution < 1.29 is 4.40 Å². The van der Waals surface area contributed by atoms with Crippen LogP contribution in [0.15, 0.2) is 65.7 Å². The molecular weight excluding hydrogens is 252 g/mol. The van der Waals surface area contributed by atoms with Crippen molar-refractivity contribution in [3.8, 4) is 5.69 Å². The molecule has 0 saturated heterocycles. The lowest BCUT2D eigenvalue weighted by molar-refractivity contribution is -0.486. The number of pyridine rings is 1. The third kappa shape index (κ3) is 1.46. The van der Waals surface area contributed by atoms with Gasteiger partial charge in [-0.25, -0.2) is 18.7 Å². The van der Waals surface area contributed by atoms with E-state index in [1.807, 2.05) is 59.1 Å². The number of hydrogen-bond acceptors (Lipinski definition) is 2. The molecule has 0 bridgehead atoms. The molecule has 0 radical (unpaired) electrons. The van der Waals surface area contributed by atoms with Gasteiger partial charge in [-0.15, -0.1) is 4.98 Å². The standard InChI is InChI=1S/C15H10N4O/c20-15-17-14-12(19(15)11-6-2-1-3-7-11)10-16-13-8-4-5-9-18(13)14/h1-10H/p+1. The quantitative estimate of drug-likeness (QED) is 0.528. The molecule has 0 aliphatic carbocycles. The van der Waals surface area contributed by atoms with Gasteiger partial charge in [0, 0.05) is 6.07 Å². The van der Waals surface area contributed by atoms with E-state index in [0.717, 1.165) is 22.5 Å². The molecule has 20 heavy (non-hydrogen) atoms. The van der Waals surface area contributed by atoms with Crippen LogP contribution in [-0.4, -0.2) is 14.5 Å². The Morgan fingerprint density at radius 2 is 1.85 bits per heavy atom. The molecule has 0 unspecified atom stereocenters. The van der Waals surface area contributed by atoms with Crippen molar-refractivity contribution in [1.82, 2.24) is 14.5 Å². The minimum absolute atomic E-state index is 0.170. The molecule has 4 rings (SSSR count). The molecule has 3 aromatic heterocycles. The first-order chi connectivity index (χ1) is 9.84. The molecule has 96 valence electrons. The smallest absolute Gasteiger partial charge is 0.240 e. The molecule has 5 heteroatoms. The lowest BCUT2D eigenvalue weighted by Gasteiger charge is -2.00. The maximum absolute atomic E-state index is 12.2. The number of rotatable bonds is 1. The highest BCUT2D eigenvalue weighted by atomic mass is 16.1. The number of aromatic amines is 1. The monoisotopic (exact) mass is 263 g/mol. The van der Waals surface area contributed by atoms with E-state index in [1.165, 1.54) is 0 Å². The van der Waals surface area contributed by atoms with Crippen molar-refractivity contribution >= 4 is 16.8 Å². The average Bonchev–Trinajstić information content (AvgIpc) is 2.84. The van der Waals surface area contributed by atoms with Gasteiger partial charge < -0.3 is 0 Å². The van der Waals surface area contributed by atoms with E-state index in [4.69, 9.17) is 0 Å². The van der Waals surface area contributed by atoms with Crippen LogP contribution in [0.1, 0.15) is 0 Å². The molecule has 1 N–H and O–H groups in total. The Labute approximate surface area is 113 Å². The zero-order valence-corrected chi connectivity index (χ0v) is 10.5. The summed E-state index contributed by atoms with van der Waals surface area (Å²) < 4.78 is 3.50. The van der Waals surface area contributed by atoms with Gasteiger partial charge >= 0.3 is 5.69 Å². The Bertz CT molecular complexity index is 969. The summed E-state index contributed by atoms with van der Waals surface area (Å²) in [6, 6.07) is 15.3. The first-order valence-corrected chi connectivity index (χ1v) is 6.30. The van der Waals surface area contributed by atoms with E-state index < -0.39 is 0 Å². The summed E-state index contributed by atoms with van der Waals surface area (Å²) in [6.07, 6.45) is 3.60. The van der Waals surface area contributed by atoms with Crippen LogP contribution >= 0.6 is 0 Å². The number of fused-ring (bicyclic) bond motifs is 3.